The molecule has 0 aliphatic rings. The fraction of sp³-hybridized carbons (Fsp3) is 0.400. The second-order valence-corrected chi connectivity index (χ2v) is 7.48. The van der Waals surface area contributed by atoms with Gasteiger partial charge in [-0.3, -0.25) is 4.99 Å². The molecule has 0 saturated carbocycles. The zero-order valence-corrected chi connectivity index (χ0v) is 19.2. The predicted octanol–water partition coefficient (Wildman–Crippen LogP) is 5.73. The Kier molecular flexibility index (Phi) is 15.7. The van der Waals surface area contributed by atoms with E-state index in [1.165, 1.54) is 18.0 Å². The number of rotatable bonds is 6. The summed E-state index contributed by atoms with van der Waals surface area (Å²) >= 11 is 0. The van der Waals surface area contributed by atoms with Crippen molar-refractivity contribution in [1.82, 2.24) is 0 Å². The minimum atomic E-state index is -0.248. The maximum atomic E-state index is 12.6. The normalized spacial score (nSPS) is 10.5. The van der Waals surface area contributed by atoms with E-state index in [9.17, 15) is 4.39 Å². The summed E-state index contributed by atoms with van der Waals surface area (Å²) in [4.78, 5) is 19.9. The average Bonchev–Trinajstić information content (AvgIpc) is 2.76. The summed E-state index contributed by atoms with van der Waals surface area (Å²) in [5.74, 6) is -0.0972. The third kappa shape index (κ3) is 10.6. The molecule has 0 bridgehead atoms. The van der Waals surface area contributed by atoms with Crippen molar-refractivity contribution >= 4 is 20.0 Å². The highest BCUT2D eigenvalue weighted by Crippen LogP contribution is 2.36. The van der Waals surface area contributed by atoms with Gasteiger partial charge in [-0.2, -0.15) is 0 Å². The summed E-state index contributed by atoms with van der Waals surface area (Å²) in [6.07, 6.45) is 3.29. The van der Waals surface area contributed by atoms with Gasteiger partial charge in [-0.1, -0.05) is 69.3 Å². The number of aliphatic imine (C=N–C) groups is 1. The van der Waals surface area contributed by atoms with Crippen molar-refractivity contribution in [3.63, 3.8) is 0 Å². The van der Waals surface area contributed by atoms with Gasteiger partial charge in [0.15, 0.2) is 6.40 Å². The first-order chi connectivity index (χ1) is 14.2. The lowest BCUT2D eigenvalue weighted by atomic mass is 9.73. The molecule has 0 spiro atoms. The van der Waals surface area contributed by atoms with Crippen LogP contribution in [0, 0.1) is 11.2 Å². The van der Waals surface area contributed by atoms with Gasteiger partial charge in [0, 0.05) is 12.5 Å². The highest BCUT2D eigenvalue weighted by atomic mass is 19.1. The second-order valence-electron chi connectivity index (χ2n) is 7.48. The van der Waals surface area contributed by atoms with E-state index in [1.54, 1.807) is 19.2 Å². The fourth-order valence-electron chi connectivity index (χ4n) is 2.45. The first-order valence-electron chi connectivity index (χ1n) is 9.67. The van der Waals surface area contributed by atoms with Gasteiger partial charge in [-0.25, -0.2) is 4.39 Å². The van der Waals surface area contributed by atoms with Crippen LogP contribution in [0.1, 0.15) is 45.7 Å². The lowest BCUT2D eigenvalue weighted by Crippen LogP contribution is -2.42. The monoisotopic (exact) mass is 417 g/mol. The highest BCUT2D eigenvalue weighted by molar-refractivity contribution is 5.47. The van der Waals surface area contributed by atoms with Gasteiger partial charge >= 0.3 is 0 Å². The van der Waals surface area contributed by atoms with Crippen LogP contribution in [0.2, 0.25) is 0 Å². The van der Waals surface area contributed by atoms with Gasteiger partial charge in [0.1, 0.15) is 25.0 Å². The van der Waals surface area contributed by atoms with E-state index in [1.807, 2.05) is 32.6 Å². The molecule has 2 aromatic rings. The number of carbonyl (C=O) groups is 2. The number of carbonyl (C=O) groups excluding carboxylic acids is 2. The van der Waals surface area contributed by atoms with Gasteiger partial charge < -0.3 is 14.3 Å². The second kappa shape index (κ2) is 16.0. The SMILES string of the molecule is C=O.C=O.CCc1ccccc1F.CN=COC(C)(C)C(C)(C)Cc1ccccc1. The Morgan fingerprint density at radius 2 is 1.43 bits per heavy atom. The lowest BCUT2D eigenvalue weighted by molar-refractivity contribution is -0.0987. The zero-order valence-electron chi connectivity index (χ0n) is 19.2. The molecule has 0 radical (unpaired) electrons. The molecule has 0 saturated heterocycles. The van der Waals surface area contributed by atoms with Crippen LogP contribution in [0.4, 0.5) is 4.39 Å². The molecule has 4 nitrogen and oxygen atoms in total. The Morgan fingerprint density at radius 3 is 1.87 bits per heavy atom. The number of hydrogen-bond acceptors (Lipinski definition) is 4. The molecule has 5 heteroatoms. The topological polar surface area (TPSA) is 55.7 Å². The van der Waals surface area contributed by atoms with Crippen LogP contribution >= 0.6 is 0 Å². The Balaban J connectivity index is 0. The van der Waals surface area contributed by atoms with Crippen LogP contribution in [0.3, 0.4) is 0 Å². The maximum Gasteiger partial charge on any atom is 0.169 e. The van der Waals surface area contributed by atoms with Crippen molar-refractivity contribution in [1.29, 1.82) is 0 Å². The minimum Gasteiger partial charge on any atom is -0.477 e. The molecule has 2 rings (SSSR count). The molecule has 0 aliphatic carbocycles. The maximum absolute atomic E-state index is 12.6. The van der Waals surface area contributed by atoms with E-state index in [0.29, 0.717) is 0 Å². The van der Waals surface area contributed by atoms with Gasteiger partial charge in [-0.15, -0.1) is 0 Å². The Hall–Kier alpha value is -2.82. The van der Waals surface area contributed by atoms with Crippen LogP contribution in [-0.4, -0.2) is 32.6 Å². The van der Waals surface area contributed by atoms with E-state index in [4.69, 9.17) is 14.3 Å². The molecular weight excluding hydrogens is 381 g/mol. The molecule has 0 amide bonds. The minimum absolute atomic E-state index is 0.0372. The molecular formula is C25H36FNO3. The molecule has 0 heterocycles. The summed E-state index contributed by atoms with van der Waals surface area (Å²) in [6.45, 7) is 14.6. The lowest BCUT2D eigenvalue weighted by Gasteiger charge is -2.40. The first-order valence-corrected chi connectivity index (χ1v) is 9.67. The van der Waals surface area contributed by atoms with Gasteiger partial charge in [0.05, 0.1) is 0 Å². The molecule has 30 heavy (non-hydrogen) atoms. The summed E-state index contributed by atoms with van der Waals surface area (Å²) in [6, 6.07) is 17.4. The van der Waals surface area contributed by atoms with Crippen LogP contribution in [-0.2, 0) is 27.2 Å². The summed E-state index contributed by atoms with van der Waals surface area (Å²) in [5, 5.41) is 0. The average molecular weight is 418 g/mol. The molecule has 0 aromatic heterocycles. The number of hydrogen-bond donors (Lipinski definition) is 0. The van der Waals surface area contributed by atoms with Gasteiger partial charge in [0.25, 0.3) is 0 Å². The van der Waals surface area contributed by atoms with Crippen molar-refractivity contribution in [2.24, 2.45) is 10.4 Å². The molecule has 0 atom stereocenters. The number of ether oxygens (including phenoxy) is 1. The quantitative estimate of drug-likeness (QED) is 0.446. The first kappa shape index (κ1) is 29.4. The molecule has 0 aliphatic heterocycles. The number of benzene rings is 2. The molecule has 0 fully saturated rings. The van der Waals surface area contributed by atoms with Crippen LogP contribution in [0.5, 0.6) is 0 Å². The zero-order chi connectivity index (χ0) is 23.6. The summed E-state index contributed by atoms with van der Waals surface area (Å²) < 4.78 is 18.3. The number of halogens is 1. The standard InChI is InChI=1S/C15H23NO.C8H9F.2CH2O/c1-14(2,15(3,4)17-12-16-5)11-13-9-7-6-8-10-13;1-2-7-5-3-4-6-8(7)9;2*1-2/h6-10,12H,11H2,1-5H3;3-6H,2H2,1H3;2*1H2. The third-order valence-corrected chi connectivity index (χ3v) is 4.91. The van der Waals surface area contributed by atoms with Crippen molar-refractivity contribution in [3.8, 4) is 0 Å². The Morgan fingerprint density at radius 1 is 0.933 bits per heavy atom. The molecule has 166 valence electrons. The van der Waals surface area contributed by atoms with E-state index in [0.717, 1.165) is 18.4 Å². The highest BCUT2D eigenvalue weighted by Gasteiger charge is 2.38. The van der Waals surface area contributed by atoms with E-state index in [-0.39, 0.29) is 16.8 Å². The van der Waals surface area contributed by atoms with Crippen molar-refractivity contribution < 1.29 is 18.7 Å². The van der Waals surface area contributed by atoms with Crippen LogP contribution < -0.4 is 0 Å². The van der Waals surface area contributed by atoms with Gasteiger partial charge in [0.2, 0.25) is 0 Å². The van der Waals surface area contributed by atoms with E-state index >= 15 is 0 Å². The number of aryl methyl sites for hydroxylation is 1. The Labute approximate surface area is 181 Å². The molecule has 0 unspecified atom stereocenters. The summed E-state index contributed by atoms with van der Waals surface area (Å²) in [5.41, 5.74) is 1.91. The fourth-order valence-corrected chi connectivity index (χ4v) is 2.45. The smallest absolute Gasteiger partial charge is 0.169 e. The van der Waals surface area contributed by atoms with E-state index in [2.05, 4.69) is 57.0 Å². The van der Waals surface area contributed by atoms with Crippen molar-refractivity contribution in [3.05, 3.63) is 71.5 Å². The van der Waals surface area contributed by atoms with Crippen molar-refractivity contribution in [2.75, 3.05) is 7.05 Å². The van der Waals surface area contributed by atoms with Crippen molar-refractivity contribution in [2.45, 2.75) is 53.1 Å². The largest absolute Gasteiger partial charge is 0.477 e. The summed E-state index contributed by atoms with van der Waals surface area (Å²) in [7, 11) is 1.72. The van der Waals surface area contributed by atoms with Crippen LogP contribution in [0.25, 0.3) is 0 Å². The van der Waals surface area contributed by atoms with E-state index < -0.39 is 0 Å². The van der Waals surface area contributed by atoms with Crippen LogP contribution in [0.15, 0.2) is 59.6 Å². The Bertz CT molecular complexity index is 713. The number of nitrogens with zero attached hydrogens (tertiary/aromatic N) is 1. The van der Waals surface area contributed by atoms with Gasteiger partial charge in [-0.05, 0) is 43.9 Å². The predicted molar refractivity (Wildman–Crippen MR) is 124 cm³/mol. The third-order valence-electron chi connectivity index (χ3n) is 4.91. The molecule has 2 aromatic carbocycles. The molecule has 0 N–H and O–H groups in total.